The van der Waals surface area contributed by atoms with Crippen molar-refractivity contribution >= 4 is 5.71 Å². The average Bonchev–Trinajstić information content (AvgIpc) is 3.12. The highest BCUT2D eigenvalue weighted by molar-refractivity contribution is 6.08. The summed E-state index contributed by atoms with van der Waals surface area (Å²) in [6.45, 7) is 6.42. The minimum Gasteiger partial charge on any atom is -0.496 e. The molecule has 0 aliphatic carbocycles. The zero-order chi connectivity index (χ0) is 19.7. The first-order chi connectivity index (χ1) is 13.6. The van der Waals surface area contributed by atoms with Crippen molar-refractivity contribution in [1.82, 2.24) is 0 Å². The molecule has 2 atom stereocenters. The summed E-state index contributed by atoms with van der Waals surface area (Å²) < 4.78 is 5.70. The van der Waals surface area contributed by atoms with Crippen LogP contribution in [0, 0.1) is 20.8 Å². The number of hydrogen-bond donors (Lipinski definition) is 0. The van der Waals surface area contributed by atoms with Gasteiger partial charge in [0.2, 0.25) is 0 Å². The first-order valence-corrected chi connectivity index (χ1v) is 9.60. The highest BCUT2D eigenvalue weighted by Crippen LogP contribution is 2.45. The van der Waals surface area contributed by atoms with Gasteiger partial charge < -0.3 is 9.57 Å². The maximum absolute atomic E-state index is 6.05. The summed E-state index contributed by atoms with van der Waals surface area (Å²) in [6.07, 6.45) is -0.187. The average molecular weight is 371 g/mol. The van der Waals surface area contributed by atoms with E-state index in [0.29, 0.717) is 0 Å². The number of ether oxygens (including phenoxy) is 1. The summed E-state index contributed by atoms with van der Waals surface area (Å²) in [4.78, 5) is 6.05. The Kier molecular flexibility index (Phi) is 4.91. The molecule has 0 radical (unpaired) electrons. The van der Waals surface area contributed by atoms with Crippen LogP contribution in [0.25, 0.3) is 0 Å². The Balaban J connectivity index is 1.89. The highest BCUT2D eigenvalue weighted by Gasteiger charge is 2.39. The summed E-state index contributed by atoms with van der Waals surface area (Å²) in [7, 11) is 1.71. The van der Waals surface area contributed by atoms with Crippen LogP contribution in [-0.4, -0.2) is 12.8 Å². The molecule has 0 bridgehead atoms. The van der Waals surface area contributed by atoms with Crippen LogP contribution < -0.4 is 4.74 Å². The van der Waals surface area contributed by atoms with Crippen molar-refractivity contribution in [3.05, 3.63) is 100 Å². The Hall–Kier alpha value is -3.07. The smallest absolute Gasteiger partial charge is 0.165 e. The lowest BCUT2D eigenvalue weighted by atomic mass is 9.80. The minimum absolute atomic E-state index is 0.0429. The normalized spacial score (nSPS) is 18.5. The van der Waals surface area contributed by atoms with E-state index in [1.165, 1.54) is 22.3 Å². The van der Waals surface area contributed by atoms with Gasteiger partial charge in [-0.15, -0.1) is 0 Å². The van der Waals surface area contributed by atoms with Crippen molar-refractivity contribution in [3.63, 3.8) is 0 Å². The number of rotatable bonds is 4. The van der Waals surface area contributed by atoms with E-state index in [-0.39, 0.29) is 12.0 Å². The maximum Gasteiger partial charge on any atom is 0.165 e. The van der Waals surface area contributed by atoms with Gasteiger partial charge in [0.25, 0.3) is 0 Å². The van der Waals surface area contributed by atoms with Crippen molar-refractivity contribution < 1.29 is 9.57 Å². The van der Waals surface area contributed by atoms with Crippen molar-refractivity contribution in [2.45, 2.75) is 32.8 Å². The molecule has 0 N–H and O–H groups in total. The molecule has 1 aliphatic heterocycles. The molecule has 4 rings (SSSR count). The fraction of sp³-hybridized carbons (Fsp3) is 0.240. The Bertz CT molecular complexity index is 1000. The number of hydrogen-bond acceptors (Lipinski definition) is 3. The largest absolute Gasteiger partial charge is 0.496 e. The molecule has 3 heteroatoms. The van der Waals surface area contributed by atoms with Crippen LogP contribution in [0.4, 0.5) is 0 Å². The van der Waals surface area contributed by atoms with Gasteiger partial charge in [0.05, 0.1) is 18.7 Å². The zero-order valence-electron chi connectivity index (χ0n) is 16.8. The molecule has 28 heavy (non-hydrogen) atoms. The number of methoxy groups -OCH3 is 1. The van der Waals surface area contributed by atoms with Gasteiger partial charge in [-0.1, -0.05) is 71.4 Å². The van der Waals surface area contributed by atoms with Crippen molar-refractivity contribution in [3.8, 4) is 5.75 Å². The number of oxime groups is 1. The van der Waals surface area contributed by atoms with Crippen LogP contribution in [0.1, 0.15) is 45.4 Å². The number of para-hydroxylation sites is 1. The molecule has 0 spiro atoms. The Morgan fingerprint density at radius 3 is 2.18 bits per heavy atom. The molecule has 1 heterocycles. The highest BCUT2D eigenvalue weighted by atomic mass is 16.6. The Labute approximate surface area is 166 Å². The fourth-order valence-electron chi connectivity index (χ4n) is 4.29. The van der Waals surface area contributed by atoms with Crippen molar-refractivity contribution in [2.75, 3.05) is 7.11 Å². The standard InChI is InChI=1S/C25H25NO2/c1-16-14-17(2)22(18(3)15-16)24-23(20-12-8-9-13-21(20)27-4)25(28-26-24)19-10-6-5-7-11-19/h5-15,23,25H,1-4H3/t23-,25+/m0/s1. The second-order valence-electron chi connectivity index (χ2n) is 7.41. The predicted octanol–water partition coefficient (Wildman–Crippen LogP) is 5.88. The summed E-state index contributed by atoms with van der Waals surface area (Å²) >= 11 is 0. The van der Waals surface area contributed by atoms with E-state index < -0.39 is 0 Å². The third-order valence-electron chi connectivity index (χ3n) is 5.40. The molecular formula is C25H25NO2. The van der Waals surface area contributed by atoms with E-state index >= 15 is 0 Å². The first-order valence-electron chi connectivity index (χ1n) is 9.60. The SMILES string of the molecule is COc1ccccc1[C@H]1C(c2c(C)cc(C)cc2C)=NO[C@@H]1c1ccccc1. The Morgan fingerprint density at radius 2 is 1.50 bits per heavy atom. The maximum atomic E-state index is 6.05. The second kappa shape index (κ2) is 7.51. The second-order valence-corrected chi connectivity index (χ2v) is 7.41. The fourth-order valence-corrected chi connectivity index (χ4v) is 4.29. The lowest BCUT2D eigenvalue weighted by Crippen LogP contribution is -2.19. The van der Waals surface area contributed by atoms with Gasteiger partial charge in [-0.05, 0) is 43.5 Å². The molecule has 142 valence electrons. The lowest BCUT2D eigenvalue weighted by Gasteiger charge is -2.23. The molecule has 3 aromatic rings. The Morgan fingerprint density at radius 1 is 0.857 bits per heavy atom. The van der Waals surface area contributed by atoms with Gasteiger partial charge in [-0.3, -0.25) is 0 Å². The zero-order valence-corrected chi connectivity index (χ0v) is 16.8. The van der Waals surface area contributed by atoms with E-state index in [9.17, 15) is 0 Å². The molecule has 0 saturated heterocycles. The first kappa shape index (κ1) is 18.3. The monoisotopic (exact) mass is 371 g/mol. The molecule has 0 fully saturated rings. The van der Waals surface area contributed by atoms with Gasteiger partial charge in [0.15, 0.2) is 6.10 Å². The molecule has 3 aromatic carbocycles. The van der Waals surface area contributed by atoms with Crippen molar-refractivity contribution in [2.24, 2.45) is 5.16 Å². The molecule has 1 aliphatic rings. The van der Waals surface area contributed by atoms with Gasteiger partial charge in [0, 0.05) is 11.1 Å². The van der Waals surface area contributed by atoms with E-state index in [0.717, 1.165) is 22.6 Å². The van der Waals surface area contributed by atoms with E-state index in [1.54, 1.807) is 7.11 Å². The molecule has 0 saturated carbocycles. The molecule has 0 unspecified atom stereocenters. The molecule has 0 aromatic heterocycles. The van der Waals surface area contributed by atoms with Crippen LogP contribution in [-0.2, 0) is 4.84 Å². The topological polar surface area (TPSA) is 30.8 Å². The summed E-state index contributed by atoms with van der Waals surface area (Å²) in [5.74, 6) is 0.813. The molecular weight excluding hydrogens is 346 g/mol. The molecule has 0 amide bonds. The number of nitrogens with zero attached hydrogens (tertiary/aromatic N) is 1. The van der Waals surface area contributed by atoms with Gasteiger partial charge in [-0.2, -0.15) is 0 Å². The van der Waals surface area contributed by atoms with Gasteiger partial charge >= 0.3 is 0 Å². The third kappa shape index (κ3) is 3.18. The lowest BCUT2D eigenvalue weighted by molar-refractivity contribution is 0.0758. The number of benzene rings is 3. The quantitative estimate of drug-likeness (QED) is 0.573. The van der Waals surface area contributed by atoms with Crippen molar-refractivity contribution in [1.29, 1.82) is 0 Å². The van der Waals surface area contributed by atoms with Crippen LogP contribution in [0.5, 0.6) is 5.75 Å². The molecule has 3 nitrogen and oxygen atoms in total. The van der Waals surface area contributed by atoms with Gasteiger partial charge in [0.1, 0.15) is 5.75 Å². The summed E-state index contributed by atoms with van der Waals surface area (Å²) in [5, 5.41) is 4.61. The predicted molar refractivity (Wildman–Crippen MR) is 113 cm³/mol. The van der Waals surface area contributed by atoms with E-state index in [4.69, 9.17) is 9.57 Å². The third-order valence-corrected chi connectivity index (χ3v) is 5.40. The van der Waals surface area contributed by atoms with E-state index in [2.05, 4.69) is 56.3 Å². The van der Waals surface area contributed by atoms with Crippen LogP contribution in [0.3, 0.4) is 0 Å². The van der Waals surface area contributed by atoms with Gasteiger partial charge in [-0.25, -0.2) is 0 Å². The minimum atomic E-state index is -0.187. The van der Waals surface area contributed by atoms with Crippen LogP contribution >= 0.6 is 0 Å². The number of aryl methyl sites for hydroxylation is 3. The van der Waals surface area contributed by atoms with E-state index in [1.807, 2.05) is 36.4 Å². The van der Waals surface area contributed by atoms with Crippen LogP contribution in [0.2, 0.25) is 0 Å². The van der Waals surface area contributed by atoms with Crippen LogP contribution in [0.15, 0.2) is 71.9 Å². The summed E-state index contributed by atoms with van der Waals surface area (Å²) in [6, 6.07) is 22.9. The summed E-state index contributed by atoms with van der Waals surface area (Å²) in [5.41, 5.74) is 8.02.